The van der Waals surface area contributed by atoms with Crippen LogP contribution in [0.15, 0.2) is 0 Å². The summed E-state index contributed by atoms with van der Waals surface area (Å²) < 4.78 is 17.8. The largest absolute Gasteiger partial charge is 0.381 e. The fourth-order valence-electron chi connectivity index (χ4n) is 2.78. The summed E-state index contributed by atoms with van der Waals surface area (Å²) in [6.07, 6.45) is 4.01. The van der Waals surface area contributed by atoms with Crippen molar-refractivity contribution >= 4 is 10.8 Å². The Balaban J connectivity index is 2.00. The minimum Gasteiger partial charge on any atom is -0.381 e. The van der Waals surface area contributed by atoms with E-state index in [0.29, 0.717) is 5.25 Å². The van der Waals surface area contributed by atoms with E-state index in [-0.39, 0.29) is 16.7 Å². The summed E-state index contributed by atoms with van der Waals surface area (Å²) in [7, 11) is -0.763. The Morgan fingerprint density at radius 2 is 1.88 bits per heavy atom. The lowest BCUT2D eigenvalue weighted by molar-refractivity contribution is 0.0990. The molecule has 2 aliphatic rings. The minimum atomic E-state index is -0.763. The molecule has 1 saturated heterocycles. The molecule has 0 aromatic carbocycles. The standard InChI is InChI=1S/C12H23NO2S/c1-12(2)6-3-10(11(12)13)16(14)9-4-7-15-8-5-9/h9-11H,3-8,13H2,1-2H3. The summed E-state index contributed by atoms with van der Waals surface area (Å²) in [5.41, 5.74) is 6.40. The maximum atomic E-state index is 12.5. The predicted octanol–water partition coefficient (Wildman–Crippen LogP) is 1.43. The Kier molecular flexibility index (Phi) is 3.72. The SMILES string of the molecule is CC1(C)CCC(S(=O)C2CCOCC2)C1N. The van der Waals surface area contributed by atoms with Crippen LogP contribution in [0, 0.1) is 5.41 Å². The molecule has 1 aliphatic heterocycles. The van der Waals surface area contributed by atoms with Gasteiger partial charge in [-0.2, -0.15) is 0 Å². The summed E-state index contributed by atoms with van der Waals surface area (Å²) in [6, 6.07) is 0.0937. The van der Waals surface area contributed by atoms with Gasteiger partial charge in [0, 0.05) is 35.3 Å². The Morgan fingerprint density at radius 3 is 2.38 bits per heavy atom. The summed E-state index contributed by atoms with van der Waals surface area (Å²) in [5, 5.41) is 0.525. The highest BCUT2D eigenvalue weighted by Gasteiger charge is 2.44. The van der Waals surface area contributed by atoms with E-state index in [9.17, 15) is 4.21 Å². The van der Waals surface area contributed by atoms with Gasteiger partial charge in [-0.3, -0.25) is 4.21 Å². The van der Waals surface area contributed by atoms with Crippen LogP contribution in [0.5, 0.6) is 0 Å². The van der Waals surface area contributed by atoms with E-state index in [4.69, 9.17) is 10.5 Å². The number of hydrogen-bond donors (Lipinski definition) is 1. The summed E-state index contributed by atoms with van der Waals surface area (Å²) in [6.45, 7) is 5.92. The highest BCUT2D eigenvalue weighted by Crippen LogP contribution is 2.39. The van der Waals surface area contributed by atoms with E-state index < -0.39 is 10.8 Å². The number of nitrogens with two attached hydrogens (primary N) is 1. The average Bonchev–Trinajstić information content (AvgIpc) is 2.55. The predicted molar refractivity (Wildman–Crippen MR) is 66.8 cm³/mol. The smallest absolute Gasteiger partial charge is 0.0507 e. The normalized spacial score (nSPS) is 37.4. The third kappa shape index (κ3) is 2.34. The molecule has 3 atom stereocenters. The highest BCUT2D eigenvalue weighted by molar-refractivity contribution is 7.86. The van der Waals surface area contributed by atoms with Crippen LogP contribution < -0.4 is 5.73 Å². The van der Waals surface area contributed by atoms with Gasteiger partial charge < -0.3 is 10.5 Å². The van der Waals surface area contributed by atoms with Crippen molar-refractivity contribution in [1.82, 2.24) is 0 Å². The van der Waals surface area contributed by atoms with Crippen LogP contribution in [0.25, 0.3) is 0 Å². The van der Waals surface area contributed by atoms with Gasteiger partial charge in [0.1, 0.15) is 0 Å². The Labute approximate surface area is 101 Å². The summed E-state index contributed by atoms with van der Waals surface area (Å²) >= 11 is 0. The zero-order chi connectivity index (χ0) is 11.8. The van der Waals surface area contributed by atoms with E-state index in [2.05, 4.69) is 13.8 Å². The molecule has 0 aromatic heterocycles. The van der Waals surface area contributed by atoms with Gasteiger partial charge in [0.05, 0.1) is 5.25 Å². The molecule has 2 rings (SSSR count). The lowest BCUT2D eigenvalue weighted by Crippen LogP contribution is -2.44. The third-order valence-corrected chi connectivity index (χ3v) is 6.43. The van der Waals surface area contributed by atoms with Gasteiger partial charge in [-0.15, -0.1) is 0 Å². The molecule has 0 aromatic rings. The number of rotatable bonds is 2. The van der Waals surface area contributed by atoms with Crippen LogP contribution in [-0.4, -0.2) is 34.0 Å². The topological polar surface area (TPSA) is 52.3 Å². The van der Waals surface area contributed by atoms with Crippen LogP contribution in [0.2, 0.25) is 0 Å². The maximum Gasteiger partial charge on any atom is 0.0507 e. The molecule has 1 heterocycles. The molecule has 1 saturated carbocycles. The number of hydrogen-bond acceptors (Lipinski definition) is 3. The van der Waals surface area contributed by atoms with E-state index in [1.165, 1.54) is 0 Å². The second-order valence-electron chi connectivity index (χ2n) is 5.73. The van der Waals surface area contributed by atoms with Crippen molar-refractivity contribution in [3.8, 4) is 0 Å². The van der Waals surface area contributed by atoms with E-state index in [0.717, 1.165) is 38.9 Å². The maximum absolute atomic E-state index is 12.5. The van der Waals surface area contributed by atoms with Crippen LogP contribution >= 0.6 is 0 Å². The molecule has 0 bridgehead atoms. The van der Waals surface area contributed by atoms with Crippen molar-refractivity contribution in [3.63, 3.8) is 0 Å². The van der Waals surface area contributed by atoms with Crippen LogP contribution in [-0.2, 0) is 15.5 Å². The van der Waals surface area contributed by atoms with Gasteiger partial charge in [0.15, 0.2) is 0 Å². The van der Waals surface area contributed by atoms with Crippen molar-refractivity contribution in [2.75, 3.05) is 13.2 Å². The van der Waals surface area contributed by atoms with Crippen molar-refractivity contribution < 1.29 is 8.95 Å². The van der Waals surface area contributed by atoms with Crippen molar-refractivity contribution in [2.24, 2.45) is 11.1 Å². The van der Waals surface area contributed by atoms with Gasteiger partial charge in [-0.05, 0) is 31.1 Å². The highest BCUT2D eigenvalue weighted by atomic mass is 32.2. The molecule has 2 fully saturated rings. The van der Waals surface area contributed by atoms with Gasteiger partial charge in [-0.25, -0.2) is 0 Å². The molecule has 2 N–H and O–H groups in total. The van der Waals surface area contributed by atoms with Gasteiger partial charge in [0.2, 0.25) is 0 Å². The zero-order valence-corrected chi connectivity index (χ0v) is 11.1. The average molecular weight is 245 g/mol. The second kappa shape index (κ2) is 4.75. The van der Waals surface area contributed by atoms with Crippen LogP contribution in [0.4, 0.5) is 0 Å². The molecule has 3 nitrogen and oxygen atoms in total. The molecule has 94 valence electrons. The monoisotopic (exact) mass is 245 g/mol. The molecule has 0 amide bonds. The fraction of sp³-hybridized carbons (Fsp3) is 1.00. The van der Waals surface area contributed by atoms with Gasteiger partial charge in [0.25, 0.3) is 0 Å². The van der Waals surface area contributed by atoms with E-state index >= 15 is 0 Å². The molecule has 3 unspecified atom stereocenters. The molecular formula is C12H23NO2S. The lowest BCUT2D eigenvalue weighted by Gasteiger charge is -2.30. The zero-order valence-electron chi connectivity index (χ0n) is 10.3. The first-order valence-corrected chi connectivity index (χ1v) is 7.53. The first kappa shape index (κ1) is 12.5. The first-order valence-electron chi connectivity index (χ1n) is 6.25. The van der Waals surface area contributed by atoms with Crippen molar-refractivity contribution in [1.29, 1.82) is 0 Å². The third-order valence-electron chi connectivity index (χ3n) is 4.17. The van der Waals surface area contributed by atoms with Crippen LogP contribution in [0.1, 0.15) is 39.5 Å². The minimum absolute atomic E-state index is 0.0937. The quantitative estimate of drug-likeness (QED) is 0.800. The Hall–Kier alpha value is 0.0700. The summed E-state index contributed by atoms with van der Waals surface area (Å²) in [4.78, 5) is 0. The lowest BCUT2D eigenvalue weighted by atomic mass is 9.88. The number of ether oxygens (including phenoxy) is 1. The van der Waals surface area contributed by atoms with E-state index in [1.54, 1.807) is 0 Å². The first-order chi connectivity index (χ1) is 7.52. The van der Waals surface area contributed by atoms with Gasteiger partial charge >= 0.3 is 0 Å². The van der Waals surface area contributed by atoms with Crippen molar-refractivity contribution in [3.05, 3.63) is 0 Å². The molecular weight excluding hydrogens is 222 g/mol. The molecule has 4 heteroatoms. The molecule has 16 heavy (non-hydrogen) atoms. The second-order valence-corrected chi connectivity index (χ2v) is 7.66. The van der Waals surface area contributed by atoms with Gasteiger partial charge in [-0.1, -0.05) is 13.8 Å². The summed E-state index contributed by atoms with van der Waals surface area (Å²) in [5.74, 6) is 0. The fourth-order valence-corrected chi connectivity index (χ4v) is 4.94. The Morgan fingerprint density at radius 1 is 1.25 bits per heavy atom. The Bertz CT molecular complexity index is 274. The molecule has 0 spiro atoms. The van der Waals surface area contributed by atoms with Crippen LogP contribution in [0.3, 0.4) is 0 Å². The molecule has 0 radical (unpaired) electrons. The molecule has 1 aliphatic carbocycles. The van der Waals surface area contributed by atoms with E-state index in [1.807, 2.05) is 0 Å². The van der Waals surface area contributed by atoms with Crippen molar-refractivity contribution in [2.45, 2.75) is 56.1 Å².